The standard InChI is InChI=1S/C30H47FO/c1-3-30(32-2)29-21-19-28(20-22-29)27-17-15-26(16-18-27)14-13-25-11-9-24(10-12-25)8-6-4-5-7-23-31/h6,8,19-22,24-27,30H,3-5,7,9-18,23H2,1-2H3. The fourth-order valence-electron chi connectivity index (χ4n) is 6.09. The van der Waals surface area contributed by atoms with Crippen LogP contribution in [0.4, 0.5) is 4.39 Å². The van der Waals surface area contributed by atoms with Gasteiger partial charge in [-0.15, -0.1) is 0 Å². The summed E-state index contributed by atoms with van der Waals surface area (Å²) in [6, 6.07) is 9.29. The molecule has 0 aliphatic heterocycles. The van der Waals surface area contributed by atoms with Gasteiger partial charge in [0.15, 0.2) is 0 Å². The maximum absolute atomic E-state index is 12.2. The Balaban J connectivity index is 1.31. The van der Waals surface area contributed by atoms with Crippen LogP contribution in [0, 0.1) is 17.8 Å². The van der Waals surface area contributed by atoms with Crippen molar-refractivity contribution in [2.24, 2.45) is 17.8 Å². The molecule has 1 unspecified atom stereocenters. The van der Waals surface area contributed by atoms with Gasteiger partial charge in [0, 0.05) is 7.11 Å². The van der Waals surface area contributed by atoms with Crippen LogP contribution < -0.4 is 0 Å². The second-order valence-electron chi connectivity index (χ2n) is 10.5. The fraction of sp³-hybridized carbons (Fsp3) is 0.733. The Morgan fingerprint density at radius 3 is 2.09 bits per heavy atom. The molecule has 1 atom stereocenters. The molecule has 2 fully saturated rings. The van der Waals surface area contributed by atoms with E-state index in [0.29, 0.717) is 0 Å². The van der Waals surface area contributed by atoms with Crippen LogP contribution in [0.3, 0.4) is 0 Å². The Labute approximate surface area is 197 Å². The van der Waals surface area contributed by atoms with Gasteiger partial charge in [-0.05, 0) is 112 Å². The molecular formula is C30H47FO. The zero-order chi connectivity index (χ0) is 22.6. The monoisotopic (exact) mass is 442 g/mol. The van der Waals surface area contributed by atoms with Crippen LogP contribution in [0.2, 0.25) is 0 Å². The normalized spacial score (nSPS) is 27.6. The van der Waals surface area contributed by atoms with E-state index in [1.165, 1.54) is 75.3 Å². The van der Waals surface area contributed by atoms with Crippen LogP contribution in [0.1, 0.15) is 120 Å². The van der Waals surface area contributed by atoms with E-state index in [0.717, 1.165) is 49.4 Å². The fourth-order valence-corrected chi connectivity index (χ4v) is 6.09. The molecule has 3 rings (SSSR count). The van der Waals surface area contributed by atoms with E-state index in [-0.39, 0.29) is 12.8 Å². The third-order valence-corrected chi connectivity index (χ3v) is 8.32. The third kappa shape index (κ3) is 8.01. The van der Waals surface area contributed by atoms with Crippen LogP contribution in [0.15, 0.2) is 36.4 Å². The second-order valence-corrected chi connectivity index (χ2v) is 10.5. The largest absolute Gasteiger partial charge is 0.377 e. The van der Waals surface area contributed by atoms with Crippen molar-refractivity contribution in [2.45, 2.75) is 109 Å². The number of allylic oxidation sites excluding steroid dienone is 2. The van der Waals surface area contributed by atoms with E-state index in [4.69, 9.17) is 4.74 Å². The van der Waals surface area contributed by atoms with Crippen molar-refractivity contribution in [1.82, 2.24) is 0 Å². The maximum Gasteiger partial charge on any atom is 0.0894 e. The van der Waals surface area contributed by atoms with Gasteiger partial charge < -0.3 is 4.74 Å². The molecule has 1 aromatic rings. The number of unbranched alkanes of at least 4 members (excludes halogenated alkanes) is 2. The van der Waals surface area contributed by atoms with E-state index in [9.17, 15) is 4.39 Å². The first-order chi connectivity index (χ1) is 15.7. The Morgan fingerprint density at radius 1 is 0.906 bits per heavy atom. The number of ether oxygens (including phenoxy) is 1. The molecule has 0 aromatic heterocycles. The first-order valence-electron chi connectivity index (χ1n) is 13.6. The molecule has 0 amide bonds. The lowest BCUT2D eigenvalue weighted by Crippen LogP contribution is -2.17. The number of benzene rings is 1. The Bertz CT molecular complexity index is 631. The Hall–Kier alpha value is -1.15. The molecule has 0 heterocycles. The van der Waals surface area contributed by atoms with Gasteiger partial charge in [-0.25, -0.2) is 0 Å². The smallest absolute Gasteiger partial charge is 0.0894 e. The molecule has 1 aromatic carbocycles. The highest BCUT2D eigenvalue weighted by molar-refractivity contribution is 5.27. The minimum Gasteiger partial charge on any atom is -0.377 e. The summed E-state index contributed by atoms with van der Waals surface area (Å²) in [7, 11) is 1.81. The van der Waals surface area contributed by atoms with Crippen molar-refractivity contribution in [3.05, 3.63) is 47.5 Å². The molecule has 0 spiro atoms. The quantitative estimate of drug-likeness (QED) is 0.231. The van der Waals surface area contributed by atoms with Gasteiger partial charge in [-0.1, -0.05) is 56.2 Å². The summed E-state index contributed by atoms with van der Waals surface area (Å²) in [5.74, 6) is 3.46. The van der Waals surface area contributed by atoms with Crippen molar-refractivity contribution in [1.29, 1.82) is 0 Å². The van der Waals surface area contributed by atoms with Crippen molar-refractivity contribution in [3.8, 4) is 0 Å². The van der Waals surface area contributed by atoms with Gasteiger partial charge in [0.05, 0.1) is 12.8 Å². The molecule has 180 valence electrons. The van der Waals surface area contributed by atoms with Gasteiger partial charge in [0.25, 0.3) is 0 Å². The van der Waals surface area contributed by atoms with Gasteiger partial charge in [0.1, 0.15) is 0 Å². The van der Waals surface area contributed by atoms with Crippen molar-refractivity contribution < 1.29 is 9.13 Å². The SMILES string of the molecule is CCC(OC)c1ccc(C2CCC(CCC3CCC(C=CCCCCF)CC3)CC2)cc1. The summed E-state index contributed by atoms with van der Waals surface area (Å²) in [6.07, 6.45) is 22.8. The third-order valence-electron chi connectivity index (χ3n) is 8.32. The summed E-state index contributed by atoms with van der Waals surface area (Å²) in [4.78, 5) is 0. The summed E-state index contributed by atoms with van der Waals surface area (Å²) in [5, 5.41) is 0. The lowest BCUT2D eigenvalue weighted by atomic mass is 9.74. The number of methoxy groups -OCH3 is 1. The van der Waals surface area contributed by atoms with E-state index in [1.807, 2.05) is 7.11 Å². The lowest BCUT2D eigenvalue weighted by molar-refractivity contribution is 0.100. The molecule has 2 aliphatic rings. The van der Waals surface area contributed by atoms with E-state index < -0.39 is 0 Å². The van der Waals surface area contributed by atoms with Crippen LogP contribution in [-0.4, -0.2) is 13.8 Å². The molecule has 0 bridgehead atoms. The number of alkyl halides is 1. The summed E-state index contributed by atoms with van der Waals surface area (Å²) >= 11 is 0. The Kier molecular flexibility index (Phi) is 11.3. The average Bonchev–Trinajstić information content (AvgIpc) is 2.85. The first-order valence-corrected chi connectivity index (χ1v) is 13.6. The highest BCUT2D eigenvalue weighted by Crippen LogP contribution is 2.40. The zero-order valence-electron chi connectivity index (χ0n) is 20.7. The van der Waals surface area contributed by atoms with Gasteiger partial charge in [-0.3, -0.25) is 4.39 Å². The minimum absolute atomic E-state index is 0.165. The molecule has 1 nitrogen and oxygen atoms in total. The highest BCUT2D eigenvalue weighted by Gasteiger charge is 2.25. The molecule has 2 saturated carbocycles. The number of halogens is 1. The number of rotatable bonds is 12. The molecule has 0 N–H and O–H groups in total. The summed E-state index contributed by atoms with van der Waals surface area (Å²) in [6.45, 7) is 2.02. The lowest BCUT2D eigenvalue weighted by Gasteiger charge is -2.31. The van der Waals surface area contributed by atoms with Crippen LogP contribution in [-0.2, 0) is 4.74 Å². The molecule has 2 heteroatoms. The number of hydrogen-bond donors (Lipinski definition) is 0. The number of hydrogen-bond acceptors (Lipinski definition) is 1. The zero-order valence-corrected chi connectivity index (χ0v) is 20.7. The highest BCUT2D eigenvalue weighted by atomic mass is 19.1. The predicted octanol–water partition coefficient (Wildman–Crippen LogP) is 9.34. The minimum atomic E-state index is -0.165. The predicted molar refractivity (Wildman–Crippen MR) is 135 cm³/mol. The first kappa shape index (κ1) is 25.5. The van der Waals surface area contributed by atoms with Crippen LogP contribution in [0.5, 0.6) is 0 Å². The second kappa shape index (κ2) is 14.2. The summed E-state index contributed by atoms with van der Waals surface area (Å²) < 4.78 is 17.7. The topological polar surface area (TPSA) is 9.23 Å². The molecule has 0 saturated heterocycles. The van der Waals surface area contributed by atoms with Crippen LogP contribution in [0.25, 0.3) is 0 Å². The maximum atomic E-state index is 12.2. The average molecular weight is 443 g/mol. The molecular weight excluding hydrogens is 395 g/mol. The van der Waals surface area contributed by atoms with Gasteiger partial charge >= 0.3 is 0 Å². The van der Waals surface area contributed by atoms with Gasteiger partial charge in [0.2, 0.25) is 0 Å². The Morgan fingerprint density at radius 2 is 1.53 bits per heavy atom. The summed E-state index contributed by atoms with van der Waals surface area (Å²) in [5.41, 5.74) is 2.85. The van der Waals surface area contributed by atoms with E-state index in [2.05, 4.69) is 43.3 Å². The van der Waals surface area contributed by atoms with Gasteiger partial charge in [-0.2, -0.15) is 0 Å². The van der Waals surface area contributed by atoms with E-state index in [1.54, 1.807) is 0 Å². The van der Waals surface area contributed by atoms with Crippen molar-refractivity contribution in [3.63, 3.8) is 0 Å². The molecule has 0 radical (unpaired) electrons. The van der Waals surface area contributed by atoms with Crippen molar-refractivity contribution in [2.75, 3.05) is 13.8 Å². The molecule has 2 aliphatic carbocycles. The molecule has 32 heavy (non-hydrogen) atoms. The van der Waals surface area contributed by atoms with E-state index >= 15 is 0 Å². The van der Waals surface area contributed by atoms with Crippen LogP contribution >= 0.6 is 0 Å². The van der Waals surface area contributed by atoms with Crippen molar-refractivity contribution >= 4 is 0 Å².